The van der Waals surface area contributed by atoms with Crippen molar-refractivity contribution in [2.75, 3.05) is 12.0 Å². The Balaban J connectivity index is 2.97. The monoisotopic (exact) mass is 250 g/mol. The summed E-state index contributed by atoms with van der Waals surface area (Å²) in [5, 5.41) is 1.14. The fraction of sp³-hybridized carbons (Fsp3) is 0.333. The summed E-state index contributed by atoms with van der Waals surface area (Å²) in [6, 6.07) is 5.60. The average molecular weight is 251 g/mol. The molecule has 3 N–H and O–H groups in total. The van der Waals surface area contributed by atoms with Crippen LogP contribution in [-0.4, -0.2) is 12.0 Å². The summed E-state index contributed by atoms with van der Waals surface area (Å²) < 4.78 is 0. The third kappa shape index (κ3) is 2.78. The molecule has 0 saturated carbocycles. The van der Waals surface area contributed by atoms with E-state index >= 15 is 0 Å². The van der Waals surface area contributed by atoms with Crippen LogP contribution >= 0.6 is 35.0 Å². The second-order valence-corrected chi connectivity index (χ2v) is 4.51. The van der Waals surface area contributed by atoms with Crippen molar-refractivity contribution in [3.05, 3.63) is 33.8 Å². The van der Waals surface area contributed by atoms with Gasteiger partial charge in [0, 0.05) is 5.75 Å². The second-order valence-electron chi connectivity index (χ2n) is 2.82. The molecule has 1 aromatic rings. The van der Waals surface area contributed by atoms with Gasteiger partial charge in [0.15, 0.2) is 0 Å². The molecule has 2 nitrogen and oxygen atoms in total. The van der Waals surface area contributed by atoms with Gasteiger partial charge in [0.05, 0.1) is 16.1 Å². The zero-order valence-electron chi connectivity index (χ0n) is 7.76. The van der Waals surface area contributed by atoms with Crippen LogP contribution in [0.3, 0.4) is 0 Å². The molecule has 0 saturated heterocycles. The summed E-state index contributed by atoms with van der Waals surface area (Å²) in [4.78, 5) is 0. The third-order valence-corrected chi connectivity index (χ3v) is 3.39. The highest BCUT2D eigenvalue weighted by Crippen LogP contribution is 2.30. The molecule has 1 unspecified atom stereocenters. The SMILES string of the molecule is CSCC(NN)c1cccc(Cl)c1Cl. The molecule has 0 aliphatic carbocycles. The maximum Gasteiger partial charge on any atom is 0.0640 e. The fourth-order valence-electron chi connectivity index (χ4n) is 1.18. The predicted molar refractivity (Wildman–Crippen MR) is 64.9 cm³/mol. The van der Waals surface area contributed by atoms with Gasteiger partial charge >= 0.3 is 0 Å². The van der Waals surface area contributed by atoms with E-state index in [1.807, 2.05) is 18.4 Å². The van der Waals surface area contributed by atoms with Crippen LogP contribution in [0.1, 0.15) is 11.6 Å². The first-order chi connectivity index (χ1) is 6.70. The lowest BCUT2D eigenvalue weighted by Crippen LogP contribution is -2.29. The summed E-state index contributed by atoms with van der Waals surface area (Å²) in [5.41, 5.74) is 3.66. The molecule has 1 atom stereocenters. The highest BCUT2D eigenvalue weighted by Gasteiger charge is 2.13. The van der Waals surface area contributed by atoms with Crippen LogP contribution < -0.4 is 11.3 Å². The lowest BCUT2D eigenvalue weighted by atomic mass is 10.1. The number of thioether (sulfide) groups is 1. The van der Waals surface area contributed by atoms with Crippen LogP contribution in [0.2, 0.25) is 10.0 Å². The molecule has 0 amide bonds. The number of halogens is 2. The van der Waals surface area contributed by atoms with Gasteiger partial charge in [0.1, 0.15) is 0 Å². The van der Waals surface area contributed by atoms with Crippen molar-refractivity contribution >= 4 is 35.0 Å². The van der Waals surface area contributed by atoms with Crippen LogP contribution in [0, 0.1) is 0 Å². The molecule has 5 heteroatoms. The highest BCUT2D eigenvalue weighted by molar-refractivity contribution is 7.98. The molecular formula is C9H12Cl2N2S. The first-order valence-electron chi connectivity index (χ1n) is 4.09. The standard InChI is InChI=1S/C9H12Cl2N2S/c1-14-5-8(13-12)6-3-2-4-7(10)9(6)11/h2-4,8,13H,5,12H2,1H3. The smallest absolute Gasteiger partial charge is 0.0640 e. The number of nitrogens with one attached hydrogen (secondary N) is 1. The van der Waals surface area contributed by atoms with Crippen molar-refractivity contribution in [2.24, 2.45) is 5.84 Å². The maximum atomic E-state index is 6.07. The maximum absolute atomic E-state index is 6.07. The number of hydrogen-bond donors (Lipinski definition) is 2. The number of rotatable bonds is 4. The Hall–Kier alpha value is 0.0700. The molecule has 0 aromatic heterocycles. The zero-order valence-corrected chi connectivity index (χ0v) is 10.1. The van der Waals surface area contributed by atoms with Crippen LogP contribution in [0.15, 0.2) is 18.2 Å². The van der Waals surface area contributed by atoms with Crippen LogP contribution in [-0.2, 0) is 0 Å². The Morgan fingerprint density at radius 1 is 1.50 bits per heavy atom. The van der Waals surface area contributed by atoms with Crippen molar-refractivity contribution in [3.63, 3.8) is 0 Å². The Morgan fingerprint density at radius 3 is 2.79 bits per heavy atom. The van der Waals surface area contributed by atoms with Crippen LogP contribution in [0.5, 0.6) is 0 Å². The van der Waals surface area contributed by atoms with E-state index < -0.39 is 0 Å². The van der Waals surface area contributed by atoms with Gasteiger partial charge in [-0.25, -0.2) is 0 Å². The van der Waals surface area contributed by atoms with Crippen molar-refractivity contribution in [1.82, 2.24) is 5.43 Å². The normalized spacial score (nSPS) is 12.9. The quantitative estimate of drug-likeness (QED) is 0.638. The molecule has 78 valence electrons. The van der Waals surface area contributed by atoms with E-state index in [-0.39, 0.29) is 6.04 Å². The van der Waals surface area contributed by atoms with E-state index in [2.05, 4.69) is 5.43 Å². The molecule has 1 rings (SSSR count). The number of benzene rings is 1. The Bertz CT molecular complexity index is 307. The zero-order chi connectivity index (χ0) is 10.6. The van der Waals surface area contributed by atoms with Gasteiger partial charge in [-0.3, -0.25) is 11.3 Å². The molecular weight excluding hydrogens is 239 g/mol. The Labute approximate surface area is 98.1 Å². The van der Waals surface area contributed by atoms with Crippen LogP contribution in [0.4, 0.5) is 0 Å². The van der Waals surface area contributed by atoms with Gasteiger partial charge in [-0.2, -0.15) is 11.8 Å². The minimum absolute atomic E-state index is 0.0381. The van der Waals surface area contributed by atoms with Gasteiger partial charge in [-0.05, 0) is 17.9 Å². The Morgan fingerprint density at radius 2 is 2.21 bits per heavy atom. The molecule has 14 heavy (non-hydrogen) atoms. The van der Waals surface area contributed by atoms with Crippen LogP contribution in [0.25, 0.3) is 0 Å². The van der Waals surface area contributed by atoms with E-state index in [4.69, 9.17) is 29.0 Å². The summed E-state index contributed by atoms with van der Waals surface area (Å²) >= 11 is 13.7. The van der Waals surface area contributed by atoms with Gasteiger partial charge < -0.3 is 0 Å². The Kier molecular flexibility index (Phi) is 5.06. The van der Waals surface area contributed by atoms with E-state index in [0.717, 1.165) is 11.3 Å². The minimum atomic E-state index is 0.0381. The van der Waals surface area contributed by atoms with E-state index in [1.165, 1.54) is 0 Å². The molecule has 1 aromatic carbocycles. The topological polar surface area (TPSA) is 38.0 Å². The van der Waals surface area contributed by atoms with Gasteiger partial charge in [0.2, 0.25) is 0 Å². The number of hydrogen-bond acceptors (Lipinski definition) is 3. The first-order valence-corrected chi connectivity index (χ1v) is 6.24. The predicted octanol–water partition coefficient (Wildman–Crippen LogP) is 2.86. The third-order valence-electron chi connectivity index (χ3n) is 1.89. The molecule has 0 aliphatic rings. The second kappa shape index (κ2) is 5.83. The van der Waals surface area contributed by atoms with E-state index in [9.17, 15) is 0 Å². The van der Waals surface area contributed by atoms with Crippen molar-refractivity contribution < 1.29 is 0 Å². The molecule has 0 aliphatic heterocycles. The number of hydrazine groups is 1. The summed E-state index contributed by atoms with van der Waals surface area (Å²) in [7, 11) is 0. The largest absolute Gasteiger partial charge is 0.271 e. The van der Waals surface area contributed by atoms with Gasteiger partial charge in [-0.15, -0.1) is 0 Å². The molecule has 0 spiro atoms. The minimum Gasteiger partial charge on any atom is -0.271 e. The van der Waals surface area contributed by atoms with Gasteiger partial charge in [0.25, 0.3) is 0 Å². The molecule has 0 bridgehead atoms. The number of nitrogens with two attached hydrogens (primary N) is 1. The molecule has 0 heterocycles. The summed E-state index contributed by atoms with van der Waals surface area (Å²) in [6.45, 7) is 0. The molecule has 0 fully saturated rings. The summed E-state index contributed by atoms with van der Waals surface area (Å²) in [6.07, 6.45) is 2.02. The molecule has 0 radical (unpaired) electrons. The van der Waals surface area contributed by atoms with E-state index in [0.29, 0.717) is 10.0 Å². The van der Waals surface area contributed by atoms with Gasteiger partial charge in [-0.1, -0.05) is 35.3 Å². The lowest BCUT2D eigenvalue weighted by molar-refractivity contribution is 0.611. The highest BCUT2D eigenvalue weighted by atomic mass is 35.5. The van der Waals surface area contributed by atoms with Crippen molar-refractivity contribution in [2.45, 2.75) is 6.04 Å². The first kappa shape index (κ1) is 12.1. The lowest BCUT2D eigenvalue weighted by Gasteiger charge is -2.16. The average Bonchev–Trinajstić information content (AvgIpc) is 2.19. The van der Waals surface area contributed by atoms with E-state index in [1.54, 1.807) is 17.8 Å². The van der Waals surface area contributed by atoms with Crippen molar-refractivity contribution in [1.29, 1.82) is 0 Å². The summed E-state index contributed by atoms with van der Waals surface area (Å²) in [5.74, 6) is 6.30. The fourth-order valence-corrected chi connectivity index (χ4v) is 2.23. The van der Waals surface area contributed by atoms with Crippen molar-refractivity contribution in [3.8, 4) is 0 Å².